The van der Waals surface area contributed by atoms with Crippen molar-refractivity contribution >= 4 is 28.5 Å². The van der Waals surface area contributed by atoms with Gasteiger partial charge in [-0.2, -0.15) is 0 Å². The summed E-state index contributed by atoms with van der Waals surface area (Å²) in [5.74, 6) is 0.183. The molecule has 9 nitrogen and oxygen atoms in total. The van der Waals surface area contributed by atoms with Crippen molar-refractivity contribution in [3.05, 3.63) is 47.0 Å². The molecule has 2 fully saturated rings. The maximum absolute atomic E-state index is 15.3. The van der Waals surface area contributed by atoms with E-state index >= 15 is 4.39 Å². The van der Waals surface area contributed by atoms with E-state index < -0.39 is 11.4 Å². The minimum absolute atomic E-state index is 0.0381. The van der Waals surface area contributed by atoms with Crippen LogP contribution in [0.2, 0.25) is 0 Å². The Balaban J connectivity index is 1.30. The van der Waals surface area contributed by atoms with E-state index in [0.717, 1.165) is 43.5 Å². The third-order valence-corrected chi connectivity index (χ3v) is 8.15. The van der Waals surface area contributed by atoms with Gasteiger partial charge in [0, 0.05) is 31.7 Å². The van der Waals surface area contributed by atoms with Crippen molar-refractivity contribution in [1.29, 1.82) is 0 Å². The molecule has 0 bridgehead atoms. The van der Waals surface area contributed by atoms with Crippen molar-refractivity contribution < 1.29 is 13.9 Å². The number of fused-ring (bicyclic) bond motifs is 1. The molecule has 4 heterocycles. The summed E-state index contributed by atoms with van der Waals surface area (Å²) < 4.78 is 27.5. The van der Waals surface area contributed by atoms with Gasteiger partial charge in [-0.05, 0) is 31.9 Å². The molecule has 0 amide bonds. The molecule has 2 N–H and O–H groups in total. The highest BCUT2D eigenvalue weighted by Gasteiger charge is 2.47. The van der Waals surface area contributed by atoms with Gasteiger partial charge in [0.05, 0.1) is 55.0 Å². The van der Waals surface area contributed by atoms with Gasteiger partial charge in [-0.25, -0.2) is 19.3 Å². The lowest BCUT2D eigenvalue weighted by Crippen LogP contribution is -2.50. The Bertz CT molecular complexity index is 1260. The number of methoxy groups -OCH3 is 1. The number of nitrogens with zero attached hydrogens (tertiary/aromatic N) is 5. The standard InChI is InChI=1S/C24H29FN6O3S/c1-15-22(26)24(13-34-15)5-7-30(8-6-24)18-11-28-19(12-27-18)35-17-4-3-16-20(21(17)25)23(32)31(14-29-16)9-10-33-2/h3-4,11-12,14-15,22H,5-10,13,26H2,1-2H3/t15-,22+/m0/s1. The molecule has 5 rings (SSSR count). The quantitative estimate of drug-likeness (QED) is 0.546. The predicted octanol–water partition coefficient (Wildman–Crippen LogP) is 2.46. The van der Waals surface area contributed by atoms with E-state index in [1.165, 1.54) is 10.9 Å². The van der Waals surface area contributed by atoms with Gasteiger partial charge >= 0.3 is 0 Å². The van der Waals surface area contributed by atoms with Crippen molar-refractivity contribution in [3.63, 3.8) is 0 Å². The SMILES string of the molecule is COCCn1cnc2ccc(Sc3cnc(N4CCC5(CC4)CO[C@@H](C)[C@H]5N)cn3)c(F)c2c1=O. The van der Waals surface area contributed by atoms with Crippen LogP contribution < -0.4 is 16.2 Å². The average molecular weight is 501 g/mol. The van der Waals surface area contributed by atoms with Crippen molar-refractivity contribution in [3.8, 4) is 0 Å². The van der Waals surface area contributed by atoms with Gasteiger partial charge in [-0.3, -0.25) is 9.36 Å². The fourth-order valence-electron chi connectivity index (χ4n) is 4.91. The van der Waals surface area contributed by atoms with E-state index in [0.29, 0.717) is 35.2 Å². The zero-order valence-corrected chi connectivity index (χ0v) is 20.6. The molecule has 1 aromatic carbocycles. The summed E-state index contributed by atoms with van der Waals surface area (Å²) >= 11 is 1.13. The van der Waals surface area contributed by atoms with Gasteiger partial charge in [-0.15, -0.1) is 0 Å². The number of benzene rings is 1. The molecule has 2 aromatic heterocycles. The number of anilines is 1. The van der Waals surface area contributed by atoms with Gasteiger partial charge < -0.3 is 20.1 Å². The number of halogens is 1. The second kappa shape index (κ2) is 9.81. The molecule has 2 saturated heterocycles. The van der Waals surface area contributed by atoms with Crippen LogP contribution in [0.15, 0.2) is 45.6 Å². The number of hydrogen-bond acceptors (Lipinski definition) is 9. The second-order valence-electron chi connectivity index (χ2n) is 9.21. The summed E-state index contributed by atoms with van der Waals surface area (Å²) in [5, 5.41) is 0.507. The first-order valence-electron chi connectivity index (χ1n) is 11.7. The maximum atomic E-state index is 15.3. The van der Waals surface area contributed by atoms with Crippen LogP contribution in [-0.4, -0.2) is 65.1 Å². The van der Waals surface area contributed by atoms with Crippen molar-refractivity contribution in [2.45, 2.75) is 48.4 Å². The lowest BCUT2D eigenvalue weighted by molar-refractivity contribution is 0.0974. The zero-order valence-electron chi connectivity index (χ0n) is 19.8. The molecule has 2 atom stereocenters. The van der Waals surface area contributed by atoms with Crippen LogP contribution in [0.25, 0.3) is 10.9 Å². The van der Waals surface area contributed by atoms with E-state index in [1.807, 2.05) is 6.92 Å². The minimum atomic E-state index is -0.603. The Hall–Kier alpha value is -2.60. The Morgan fingerprint density at radius 1 is 1.26 bits per heavy atom. The minimum Gasteiger partial charge on any atom is -0.383 e. The second-order valence-corrected chi connectivity index (χ2v) is 10.3. The van der Waals surface area contributed by atoms with Gasteiger partial charge in [0.25, 0.3) is 5.56 Å². The summed E-state index contributed by atoms with van der Waals surface area (Å²) in [4.78, 5) is 28.6. The van der Waals surface area contributed by atoms with E-state index in [2.05, 4.69) is 19.9 Å². The van der Waals surface area contributed by atoms with E-state index in [4.69, 9.17) is 15.2 Å². The Kier molecular flexibility index (Phi) is 6.75. The monoisotopic (exact) mass is 500 g/mol. The molecule has 1 spiro atoms. The average Bonchev–Trinajstić information content (AvgIpc) is 3.14. The first-order chi connectivity index (χ1) is 16.9. The molecule has 11 heteroatoms. The largest absolute Gasteiger partial charge is 0.383 e. The summed E-state index contributed by atoms with van der Waals surface area (Å²) in [6.45, 7) is 5.08. The Labute approximate surface area is 206 Å². The van der Waals surface area contributed by atoms with Crippen molar-refractivity contribution in [2.24, 2.45) is 11.1 Å². The number of aromatic nitrogens is 4. The van der Waals surface area contributed by atoms with Crippen LogP contribution in [0.1, 0.15) is 19.8 Å². The molecule has 2 aliphatic rings. The van der Waals surface area contributed by atoms with Gasteiger partial charge in [0.1, 0.15) is 16.2 Å². The first-order valence-corrected chi connectivity index (χ1v) is 12.5. The van der Waals surface area contributed by atoms with Crippen LogP contribution in [0.5, 0.6) is 0 Å². The van der Waals surface area contributed by atoms with Gasteiger partial charge in [0.2, 0.25) is 0 Å². The molecular weight excluding hydrogens is 471 g/mol. The highest BCUT2D eigenvalue weighted by Crippen LogP contribution is 2.41. The molecular formula is C24H29FN6O3S. The van der Waals surface area contributed by atoms with Crippen molar-refractivity contribution in [1.82, 2.24) is 19.5 Å². The fraction of sp³-hybridized carbons (Fsp3) is 0.500. The van der Waals surface area contributed by atoms with Crippen LogP contribution >= 0.6 is 11.8 Å². The molecule has 0 radical (unpaired) electrons. The summed E-state index contributed by atoms with van der Waals surface area (Å²) in [6.07, 6.45) is 6.77. The third-order valence-electron chi connectivity index (χ3n) is 7.19. The number of nitrogens with two attached hydrogens (primary N) is 1. The first kappa shape index (κ1) is 24.1. The lowest BCUT2D eigenvalue weighted by Gasteiger charge is -2.41. The van der Waals surface area contributed by atoms with E-state index in [1.54, 1.807) is 31.6 Å². The Morgan fingerprint density at radius 2 is 2.06 bits per heavy atom. The summed E-state index contributed by atoms with van der Waals surface area (Å²) in [7, 11) is 1.54. The van der Waals surface area contributed by atoms with Crippen LogP contribution in [0.3, 0.4) is 0 Å². The molecule has 0 unspecified atom stereocenters. The highest BCUT2D eigenvalue weighted by atomic mass is 32.2. The van der Waals surface area contributed by atoms with E-state index in [9.17, 15) is 4.79 Å². The summed E-state index contributed by atoms with van der Waals surface area (Å²) in [5.41, 5.74) is 6.35. The smallest absolute Gasteiger partial charge is 0.264 e. The molecule has 0 saturated carbocycles. The Morgan fingerprint density at radius 3 is 2.71 bits per heavy atom. The number of ether oxygens (including phenoxy) is 2. The maximum Gasteiger partial charge on any atom is 0.264 e. The fourth-order valence-corrected chi connectivity index (χ4v) is 5.67. The summed E-state index contributed by atoms with van der Waals surface area (Å²) in [6, 6.07) is 3.32. The van der Waals surface area contributed by atoms with Crippen molar-refractivity contribution in [2.75, 3.05) is 38.3 Å². The van der Waals surface area contributed by atoms with Crippen LogP contribution in [0.4, 0.5) is 10.2 Å². The third kappa shape index (κ3) is 4.53. The van der Waals surface area contributed by atoms with E-state index in [-0.39, 0.29) is 22.9 Å². The predicted molar refractivity (Wildman–Crippen MR) is 131 cm³/mol. The lowest BCUT2D eigenvalue weighted by atomic mass is 9.73. The number of piperidine rings is 1. The molecule has 0 aliphatic carbocycles. The topological polar surface area (TPSA) is 108 Å². The molecule has 186 valence electrons. The van der Waals surface area contributed by atoms with Gasteiger partial charge in [-0.1, -0.05) is 11.8 Å². The molecule has 2 aliphatic heterocycles. The van der Waals surface area contributed by atoms with Crippen LogP contribution in [0, 0.1) is 11.2 Å². The normalized spacial score (nSPS) is 21.8. The molecule has 3 aromatic rings. The zero-order chi connectivity index (χ0) is 24.6. The van der Waals surface area contributed by atoms with Gasteiger partial charge in [0.15, 0.2) is 5.82 Å². The van der Waals surface area contributed by atoms with Crippen LogP contribution in [-0.2, 0) is 16.0 Å². The molecule has 35 heavy (non-hydrogen) atoms. The number of rotatable bonds is 6. The highest BCUT2D eigenvalue weighted by molar-refractivity contribution is 7.99. The number of hydrogen-bond donors (Lipinski definition) is 1.